The Balaban J connectivity index is 3.12. The van der Waals surface area contributed by atoms with Crippen molar-refractivity contribution < 1.29 is 9.53 Å². The lowest BCUT2D eigenvalue weighted by atomic mass is 10.2. The summed E-state index contributed by atoms with van der Waals surface area (Å²) >= 11 is 0. The summed E-state index contributed by atoms with van der Waals surface area (Å²) in [6.45, 7) is 0. The second-order valence-corrected chi connectivity index (χ2v) is 1.86. The lowest BCUT2D eigenvalue weighted by molar-refractivity contribution is 0.0996. The monoisotopic (exact) mass is 151 g/mol. The highest BCUT2D eigenvalue weighted by atomic mass is 16.5. The number of hydrogen-bond acceptors (Lipinski definition) is 3. The zero-order valence-corrected chi connectivity index (χ0v) is 6.00. The van der Waals surface area contributed by atoms with Crippen molar-refractivity contribution in [2.75, 3.05) is 7.11 Å². The molecule has 0 spiro atoms. The van der Waals surface area contributed by atoms with Crippen LogP contribution in [0.4, 0.5) is 0 Å². The Morgan fingerprint density at radius 2 is 2.55 bits per heavy atom. The first kappa shape index (κ1) is 7.53. The molecule has 11 heavy (non-hydrogen) atoms. The largest absolute Gasteiger partial charge is 0.496 e. The summed E-state index contributed by atoms with van der Waals surface area (Å²) in [5.41, 5.74) is 5.18. The third-order valence-electron chi connectivity index (χ3n) is 1.19. The summed E-state index contributed by atoms with van der Waals surface area (Å²) in [6, 6.07) is 1.55. The molecule has 1 radical (unpaired) electrons. The second kappa shape index (κ2) is 3.01. The number of rotatable bonds is 2. The Kier molecular flexibility index (Phi) is 2.06. The first-order valence-corrected chi connectivity index (χ1v) is 2.96. The minimum Gasteiger partial charge on any atom is -0.496 e. The second-order valence-electron chi connectivity index (χ2n) is 1.86. The molecule has 1 rings (SSSR count). The van der Waals surface area contributed by atoms with Crippen molar-refractivity contribution in [2.24, 2.45) is 5.73 Å². The lowest BCUT2D eigenvalue weighted by Gasteiger charge is -2.01. The van der Waals surface area contributed by atoms with Gasteiger partial charge in [0.25, 0.3) is 5.91 Å². The predicted molar refractivity (Wildman–Crippen MR) is 38.1 cm³/mol. The molecule has 0 aromatic carbocycles. The average Bonchev–Trinajstić information content (AvgIpc) is 2.04. The standard InChI is InChI=1S/C7H7N2O2/c1-11-6-2-3-9-4-5(6)7(8)10/h2-3H,1H3,(H2,8,10). The van der Waals surface area contributed by atoms with Gasteiger partial charge in [-0.05, 0) is 6.07 Å². The van der Waals surface area contributed by atoms with Crippen LogP contribution in [0, 0.1) is 6.20 Å². The van der Waals surface area contributed by atoms with Crippen molar-refractivity contribution in [1.29, 1.82) is 0 Å². The number of nitrogens with two attached hydrogens (primary N) is 1. The van der Waals surface area contributed by atoms with E-state index in [2.05, 4.69) is 11.2 Å². The fourth-order valence-electron chi connectivity index (χ4n) is 0.692. The van der Waals surface area contributed by atoms with Crippen LogP contribution >= 0.6 is 0 Å². The number of hydrogen-bond donors (Lipinski definition) is 1. The average molecular weight is 151 g/mol. The summed E-state index contributed by atoms with van der Waals surface area (Å²) in [4.78, 5) is 14.3. The number of nitrogens with zero attached hydrogens (tertiary/aromatic N) is 1. The Bertz CT molecular complexity index is 273. The number of ether oxygens (including phenoxy) is 1. The van der Waals surface area contributed by atoms with Crippen LogP contribution < -0.4 is 10.5 Å². The summed E-state index contributed by atoms with van der Waals surface area (Å²) in [7, 11) is 1.45. The van der Waals surface area contributed by atoms with Crippen LogP contribution in [0.25, 0.3) is 0 Å². The van der Waals surface area contributed by atoms with Gasteiger partial charge in [-0.1, -0.05) is 0 Å². The van der Waals surface area contributed by atoms with Gasteiger partial charge in [-0.25, -0.2) is 0 Å². The van der Waals surface area contributed by atoms with Crippen LogP contribution in [0.1, 0.15) is 10.4 Å². The van der Waals surface area contributed by atoms with Crippen molar-refractivity contribution in [1.82, 2.24) is 4.98 Å². The number of carbonyl (C=O) groups is 1. The van der Waals surface area contributed by atoms with E-state index in [0.29, 0.717) is 5.75 Å². The molecule has 1 heterocycles. The van der Waals surface area contributed by atoms with E-state index in [9.17, 15) is 4.79 Å². The van der Waals surface area contributed by atoms with Gasteiger partial charge >= 0.3 is 0 Å². The molecule has 0 aliphatic carbocycles. The smallest absolute Gasteiger partial charge is 0.254 e. The van der Waals surface area contributed by atoms with Gasteiger partial charge in [0.15, 0.2) is 0 Å². The van der Waals surface area contributed by atoms with Crippen molar-refractivity contribution in [3.63, 3.8) is 0 Å². The van der Waals surface area contributed by atoms with Gasteiger partial charge in [-0.15, -0.1) is 0 Å². The Morgan fingerprint density at radius 1 is 1.82 bits per heavy atom. The molecule has 0 saturated carbocycles. The summed E-state index contributed by atoms with van der Waals surface area (Å²) in [6.07, 6.45) is 3.92. The third-order valence-corrected chi connectivity index (χ3v) is 1.19. The van der Waals surface area contributed by atoms with Crippen LogP contribution in [0.3, 0.4) is 0 Å². The number of pyridine rings is 1. The number of carbonyl (C=O) groups excluding carboxylic acids is 1. The van der Waals surface area contributed by atoms with E-state index in [-0.39, 0.29) is 5.56 Å². The van der Waals surface area contributed by atoms with E-state index in [1.807, 2.05) is 0 Å². The van der Waals surface area contributed by atoms with Gasteiger partial charge in [0.1, 0.15) is 17.5 Å². The van der Waals surface area contributed by atoms with Gasteiger partial charge in [0, 0.05) is 6.20 Å². The molecule has 0 unspecified atom stereocenters. The van der Waals surface area contributed by atoms with Crippen LogP contribution in [0.2, 0.25) is 0 Å². The van der Waals surface area contributed by atoms with Gasteiger partial charge < -0.3 is 10.5 Å². The topological polar surface area (TPSA) is 65.2 Å². The Hall–Kier alpha value is -1.58. The molecule has 0 aliphatic heterocycles. The molecule has 0 bridgehead atoms. The first-order valence-electron chi connectivity index (χ1n) is 2.96. The van der Waals surface area contributed by atoms with Crippen LogP contribution in [0.15, 0.2) is 12.3 Å². The number of aromatic nitrogens is 1. The molecule has 57 valence electrons. The minimum absolute atomic E-state index is 0.176. The molecule has 0 aliphatic rings. The van der Waals surface area contributed by atoms with Gasteiger partial charge in [0.05, 0.1) is 7.11 Å². The number of methoxy groups -OCH3 is 1. The normalized spacial score (nSPS) is 9.18. The summed E-state index contributed by atoms with van der Waals surface area (Å²) < 4.78 is 4.83. The highest BCUT2D eigenvalue weighted by Gasteiger charge is 2.07. The zero-order chi connectivity index (χ0) is 8.27. The van der Waals surface area contributed by atoms with Crippen molar-refractivity contribution in [3.8, 4) is 5.75 Å². The summed E-state index contributed by atoms with van der Waals surface area (Å²) in [5.74, 6) is -0.192. The summed E-state index contributed by atoms with van der Waals surface area (Å²) in [5, 5.41) is 0. The van der Waals surface area contributed by atoms with E-state index >= 15 is 0 Å². The van der Waals surface area contributed by atoms with Gasteiger partial charge in [0.2, 0.25) is 0 Å². The number of primary amides is 1. The van der Waals surface area contributed by atoms with Crippen molar-refractivity contribution >= 4 is 5.91 Å². The van der Waals surface area contributed by atoms with E-state index in [1.165, 1.54) is 13.3 Å². The molecule has 1 amide bonds. The van der Waals surface area contributed by atoms with Crippen LogP contribution in [-0.2, 0) is 0 Å². The molecule has 4 heteroatoms. The van der Waals surface area contributed by atoms with E-state index in [0.717, 1.165) is 0 Å². The minimum atomic E-state index is -0.588. The molecule has 0 atom stereocenters. The lowest BCUT2D eigenvalue weighted by Crippen LogP contribution is -2.12. The fourth-order valence-corrected chi connectivity index (χ4v) is 0.692. The van der Waals surface area contributed by atoms with Crippen molar-refractivity contribution in [2.45, 2.75) is 0 Å². The maximum Gasteiger partial charge on any atom is 0.254 e. The van der Waals surface area contributed by atoms with Crippen molar-refractivity contribution in [3.05, 3.63) is 24.0 Å². The molecule has 0 fully saturated rings. The Morgan fingerprint density at radius 3 is 3.00 bits per heavy atom. The van der Waals surface area contributed by atoms with E-state index < -0.39 is 5.91 Å². The first-order chi connectivity index (χ1) is 5.25. The quantitative estimate of drug-likeness (QED) is 0.646. The molecule has 0 saturated heterocycles. The van der Waals surface area contributed by atoms with Gasteiger partial charge in [-0.3, -0.25) is 9.78 Å². The molecular formula is C7H7N2O2. The van der Waals surface area contributed by atoms with Crippen LogP contribution in [-0.4, -0.2) is 18.0 Å². The van der Waals surface area contributed by atoms with E-state index in [4.69, 9.17) is 10.5 Å². The Labute approximate surface area is 64.0 Å². The SMILES string of the molecule is COc1ccn[c]c1C(N)=O. The third kappa shape index (κ3) is 1.46. The number of amides is 1. The molecule has 2 N–H and O–H groups in total. The molecule has 4 nitrogen and oxygen atoms in total. The van der Waals surface area contributed by atoms with Gasteiger partial charge in [-0.2, -0.15) is 0 Å². The molecular weight excluding hydrogens is 144 g/mol. The predicted octanol–water partition coefficient (Wildman–Crippen LogP) is -0.0107. The van der Waals surface area contributed by atoms with E-state index in [1.54, 1.807) is 6.07 Å². The maximum atomic E-state index is 10.7. The maximum absolute atomic E-state index is 10.7. The van der Waals surface area contributed by atoms with Crippen LogP contribution in [0.5, 0.6) is 5.75 Å². The molecule has 1 aromatic heterocycles. The fraction of sp³-hybridized carbons (Fsp3) is 0.143. The highest BCUT2D eigenvalue weighted by molar-refractivity contribution is 5.94. The zero-order valence-electron chi connectivity index (χ0n) is 6.00. The highest BCUT2D eigenvalue weighted by Crippen LogP contribution is 2.13. The molecule has 1 aromatic rings.